The van der Waals surface area contributed by atoms with Gasteiger partial charge in [0.15, 0.2) is 0 Å². The third-order valence-electron chi connectivity index (χ3n) is 2.69. The van der Waals surface area contributed by atoms with Crippen molar-refractivity contribution in [2.75, 3.05) is 29.5 Å². The van der Waals surface area contributed by atoms with Crippen LogP contribution in [0.4, 0.5) is 5.69 Å². The van der Waals surface area contributed by atoms with E-state index in [0.717, 1.165) is 30.2 Å². The van der Waals surface area contributed by atoms with E-state index in [1.807, 2.05) is 12.1 Å². The Morgan fingerprint density at radius 2 is 2.07 bits per heavy atom. The Kier molecular flexibility index (Phi) is 3.38. The minimum atomic E-state index is -0.608. The molecule has 82 valence electrons. The van der Waals surface area contributed by atoms with Gasteiger partial charge in [-0.2, -0.15) is 0 Å². The highest BCUT2D eigenvalue weighted by molar-refractivity contribution is 7.85. The van der Waals surface area contributed by atoms with Crippen molar-refractivity contribution in [2.45, 2.75) is 6.54 Å². The first-order valence-electron chi connectivity index (χ1n) is 5.18. The third kappa shape index (κ3) is 2.58. The number of rotatable bonds is 2. The smallest absolute Gasteiger partial charge is 0.0411 e. The Morgan fingerprint density at radius 3 is 2.73 bits per heavy atom. The average Bonchev–Trinajstić information content (AvgIpc) is 2.30. The fraction of sp³-hybridized carbons (Fsp3) is 0.455. The normalized spacial score (nSPS) is 18.1. The molecule has 1 aromatic carbocycles. The molecule has 2 rings (SSSR count). The van der Waals surface area contributed by atoms with Crippen molar-refractivity contribution in [1.82, 2.24) is 0 Å². The summed E-state index contributed by atoms with van der Waals surface area (Å²) < 4.78 is 11.2. The van der Waals surface area contributed by atoms with E-state index in [2.05, 4.69) is 17.0 Å². The summed E-state index contributed by atoms with van der Waals surface area (Å²) in [6.07, 6.45) is 0. The van der Waals surface area contributed by atoms with Crippen LogP contribution in [0, 0.1) is 0 Å². The van der Waals surface area contributed by atoms with E-state index in [-0.39, 0.29) is 0 Å². The van der Waals surface area contributed by atoms with Gasteiger partial charge in [0.1, 0.15) is 0 Å². The molecule has 0 unspecified atom stereocenters. The standard InChI is InChI=1S/C11H16N2OS/c12-9-10-2-1-3-11(8-10)13-4-6-15(14)7-5-13/h1-3,8H,4-7,9,12H2. The minimum absolute atomic E-state index is 0.577. The number of hydrogen-bond donors (Lipinski definition) is 1. The zero-order chi connectivity index (χ0) is 10.7. The summed E-state index contributed by atoms with van der Waals surface area (Å²) in [6, 6.07) is 8.27. The molecule has 1 saturated heterocycles. The lowest BCUT2D eigenvalue weighted by Gasteiger charge is -2.28. The highest BCUT2D eigenvalue weighted by atomic mass is 32.2. The largest absolute Gasteiger partial charge is 0.370 e. The molecule has 1 aliphatic heterocycles. The van der Waals surface area contributed by atoms with Gasteiger partial charge >= 0.3 is 0 Å². The van der Waals surface area contributed by atoms with Gasteiger partial charge in [0.05, 0.1) is 0 Å². The van der Waals surface area contributed by atoms with Crippen LogP contribution in [0.2, 0.25) is 0 Å². The van der Waals surface area contributed by atoms with Crippen LogP contribution < -0.4 is 10.6 Å². The van der Waals surface area contributed by atoms with E-state index >= 15 is 0 Å². The van der Waals surface area contributed by atoms with Gasteiger partial charge in [0.2, 0.25) is 0 Å². The van der Waals surface area contributed by atoms with Crippen LogP contribution >= 0.6 is 0 Å². The summed E-state index contributed by atoms with van der Waals surface area (Å²) >= 11 is 0. The van der Waals surface area contributed by atoms with Gasteiger partial charge in [-0.3, -0.25) is 4.21 Å². The molecular weight excluding hydrogens is 208 g/mol. The number of nitrogens with two attached hydrogens (primary N) is 1. The maximum Gasteiger partial charge on any atom is 0.0411 e. The summed E-state index contributed by atoms with van der Waals surface area (Å²) in [7, 11) is -0.608. The Bertz CT molecular complexity index is 357. The first-order chi connectivity index (χ1) is 7.29. The molecule has 1 heterocycles. The van der Waals surface area contributed by atoms with Gasteiger partial charge in [-0.1, -0.05) is 12.1 Å². The fourth-order valence-corrected chi connectivity index (χ4v) is 2.83. The van der Waals surface area contributed by atoms with Crippen LogP contribution in [0.3, 0.4) is 0 Å². The van der Waals surface area contributed by atoms with Crippen molar-refractivity contribution >= 4 is 16.5 Å². The van der Waals surface area contributed by atoms with Crippen molar-refractivity contribution in [3.8, 4) is 0 Å². The lowest BCUT2D eigenvalue weighted by Crippen LogP contribution is -2.37. The average molecular weight is 224 g/mol. The highest BCUT2D eigenvalue weighted by Gasteiger charge is 2.15. The molecule has 0 aliphatic carbocycles. The number of benzene rings is 1. The Morgan fingerprint density at radius 1 is 1.33 bits per heavy atom. The van der Waals surface area contributed by atoms with Crippen molar-refractivity contribution in [3.63, 3.8) is 0 Å². The molecule has 2 N–H and O–H groups in total. The van der Waals surface area contributed by atoms with E-state index in [1.54, 1.807) is 0 Å². The van der Waals surface area contributed by atoms with Crippen LogP contribution in [-0.2, 0) is 17.3 Å². The van der Waals surface area contributed by atoms with E-state index in [4.69, 9.17) is 5.73 Å². The molecule has 0 atom stereocenters. The van der Waals surface area contributed by atoms with Crippen molar-refractivity contribution in [2.24, 2.45) is 5.73 Å². The second kappa shape index (κ2) is 4.77. The maximum absolute atomic E-state index is 11.2. The maximum atomic E-state index is 11.2. The lowest BCUT2D eigenvalue weighted by atomic mass is 10.2. The Balaban J connectivity index is 2.11. The predicted octanol–water partition coefficient (Wildman–Crippen LogP) is 0.714. The van der Waals surface area contributed by atoms with Crippen LogP contribution in [0.25, 0.3) is 0 Å². The number of nitrogens with zero attached hydrogens (tertiary/aromatic N) is 1. The zero-order valence-corrected chi connectivity index (χ0v) is 9.50. The number of anilines is 1. The van der Waals surface area contributed by atoms with Crippen LogP contribution in [-0.4, -0.2) is 28.8 Å². The summed E-state index contributed by atoms with van der Waals surface area (Å²) in [6.45, 7) is 2.36. The first kappa shape index (κ1) is 10.6. The molecule has 1 aromatic rings. The molecule has 4 heteroatoms. The van der Waals surface area contributed by atoms with Crippen molar-refractivity contribution < 1.29 is 4.21 Å². The third-order valence-corrected chi connectivity index (χ3v) is 3.96. The second-order valence-electron chi connectivity index (χ2n) is 3.71. The van der Waals surface area contributed by atoms with Gasteiger partial charge in [0, 0.05) is 47.6 Å². The molecule has 0 bridgehead atoms. The molecule has 15 heavy (non-hydrogen) atoms. The Hall–Kier alpha value is -0.870. The fourth-order valence-electron chi connectivity index (χ4n) is 1.78. The number of hydrogen-bond acceptors (Lipinski definition) is 3. The molecule has 1 aliphatic rings. The zero-order valence-electron chi connectivity index (χ0n) is 8.69. The Labute approximate surface area is 92.7 Å². The van der Waals surface area contributed by atoms with Gasteiger partial charge in [-0.25, -0.2) is 0 Å². The van der Waals surface area contributed by atoms with E-state index in [0.29, 0.717) is 6.54 Å². The summed E-state index contributed by atoms with van der Waals surface area (Å²) in [5.41, 5.74) is 7.96. The lowest BCUT2D eigenvalue weighted by molar-refractivity contribution is 0.673. The monoisotopic (exact) mass is 224 g/mol. The van der Waals surface area contributed by atoms with Crippen LogP contribution in [0.1, 0.15) is 5.56 Å². The predicted molar refractivity (Wildman–Crippen MR) is 64.4 cm³/mol. The van der Waals surface area contributed by atoms with Gasteiger partial charge in [-0.15, -0.1) is 0 Å². The summed E-state index contributed by atoms with van der Waals surface area (Å²) in [4.78, 5) is 2.28. The van der Waals surface area contributed by atoms with E-state index < -0.39 is 10.8 Å². The quantitative estimate of drug-likeness (QED) is 0.805. The SMILES string of the molecule is NCc1cccc(N2CCS(=O)CC2)c1. The molecule has 0 radical (unpaired) electrons. The van der Waals surface area contributed by atoms with Gasteiger partial charge < -0.3 is 10.6 Å². The van der Waals surface area contributed by atoms with Gasteiger partial charge in [-0.05, 0) is 17.7 Å². The second-order valence-corrected chi connectivity index (χ2v) is 5.41. The van der Waals surface area contributed by atoms with E-state index in [9.17, 15) is 4.21 Å². The highest BCUT2D eigenvalue weighted by Crippen LogP contribution is 2.17. The topological polar surface area (TPSA) is 46.3 Å². The molecule has 3 nitrogen and oxygen atoms in total. The molecule has 0 aromatic heterocycles. The summed E-state index contributed by atoms with van der Waals surface area (Å²) in [5, 5.41) is 0. The molecule has 0 spiro atoms. The summed E-state index contributed by atoms with van der Waals surface area (Å²) in [5.74, 6) is 1.57. The molecule has 0 saturated carbocycles. The van der Waals surface area contributed by atoms with Crippen LogP contribution in [0.5, 0.6) is 0 Å². The molecule has 1 fully saturated rings. The van der Waals surface area contributed by atoms with Crippen molar-refractivity contribution in [3.05, 3.63) is 29.8 Å². The first-order valence-corrected chi connectivity index (χ1v) is 6.67. The molecule has 0 amide bonds. The minimum Gasteiger partial charge on any atom is -0.370 e. The van der Waals surface area contributed by atoms with Gasteiger partial charge in [0.25, 0.3) is 0 Å². The van der Waals surface area contributed by atoms with E-state index in [1.165, 1.54) is 5.69 Å². The molecular formula is C11H16N2OS. The van der Waals surface area contributed by atoms with Crippen molar-refractivity contribution in [1.29, 1.82) is 0 Å². The van der Waals surface area contributed by atoms with Crippen LogP contribution in [0.15, 0.2) is 24.3 Å².